The van der Waals surface area contributed by atoms with E-state index in [0.29, 0.717) is 31.9 Å². The summed E-state index contributed by atoms with van der Waals surface area (Å²) < 4.78 is 26.0. The predicted molar refractivity (Wildman–Crippen MR) is 88.1 cm³/mol. The monoisotopic (exact) mass is 350 g/mol. The average Bonchev–Trinajstić information content (AvgIpc) is 3.46. The Labute approximate surface area is 142 Å². The molecule has 0 bridgehead atoms. The zero-order chi connectivity index (χ0) is 16.7. The molecular weight excluding hydrogens is 328 g/mol. The Hall–Kier alpha value is -1.54. The van der Waals surface area contributed by atoms with Crippen LogP contribution in [-0.2, 0) is 22.9 Å². The number of aromatic nitrogens is 2. The SMILES string of the molecule is O=C(c1cc2c(nn1)CCCC2)N1CCN(S(=O)(=O)C2CC2)CC1. The fraction of sp³-hybridized carbons (Fsp3) is 0.688. The van der Waals surface area contributed by atoms with Crippen molar-refractivity contribution in [3.63, 3.8) is 0 Å². The van der Waals surface area contributed by atoms with E-state index in [1.54, 1.807) is 4.90 Å². The predicted octanol–water partition coefficient (Wildman–Crippen LogP) is 0.605. The molecule has 0 aromatic carbocycles. The summed E-state index contributed by atoms with van der Waals surface area (Å²) in [6.07, 6.45) is 5.70. The lowest BCUT2D eigenvalue weighted by molar-refractivity contribution is 0.0690. The minimum Gasteiger partial charge on any atom is -0.335 e. The van der Waals surface area contributed by atoms with Gasteiger partial charge in [-0.05, 0) is 50.2 Å². The highest BCUT2D eigenvalue weighted by Crippen LogP contribution is 2.31. The molecule has 24 heavy (non-hydrogen) atoms. The zero-order valence-electron chi connectivity index (χ0n) is 13.6. The third-order valence-corrected chi connectivity index (χ3v) is 7.52. The van der Waals surface area contributed by atoms with Crippen molar-refractivity contribution in [3.05, 3.63) is 23.0 Å². The van der Waals surface area contributed by atoms with Crippen LogP contribution in [0.3, 0.4) is 0 Å². The first-order chi connectivity index (χ1) is 11.6. The number of sulfonamides is 1. The number of carbonyl (C=O) groups is 1. The van der Waals surface area contributed by atoms with Crippen molar-refractivity contribution in [2.45, 2.75) is 43.8 Å². The van der Waals surface area contributed by atoms with Crippen molar-refractivity contribution >= 4 is 15.9 Å². The van der Waals surface area contributed by atoms with Gasteiger partial charge in [-0.25, -0.2) is 8.42 Å². The Morgan fingerprint density at radius 3 is 2.46 bits per heavy atom. The molecule has 0 radical (unpaired) electrons. The summed E-state index contributed by atoms with van der Waals surface area (Å²) in [5.74, 6) is -0.139. The number of aryl methyl sites for hydroxylation is 2. The zero-order valence-corrected chi connectivity index (χ0v) is 14.5. The maximum Gasteiger partial charge on any atom is 0.274 e. The van der Waals surface area contributed by atoms with Crippen LogP contribution in [0.1, 0.15) is 47.4 Å². The topological polar surface area (TPSA) is 83.5 Å². The number of amides is 1. The van der Waals surface area contributed by atoms with Gasteiger partial charge in [0.1, 0.15) is 0 Å². The van der Waals surface area contributed by atoms with Crippen LogP contribution in [-0.4, -0.2) is 65.2 Å². The van der Waals surface area contributed by atoms with Crippen molar-refractivity contribution < 1.29 is 13.2 Å². The molecule has 1 aliphatic heterocycles. The summed E-state index contributed by atoms with van der Waals surface area (Å²) in [5.41, 5.74) is 2.53. The molecule has 1 saturated carbocycles. The third kappa shape index (κ3) is 2.93. The molecule has 1 saturated heterocycles. The molecule has 0 spiro atoms. The first-order valence-corrected chi connectivity index (χ1v) is 10.2. The fourth-order valence-electron chi connectivity index (χ4n) is 3.48. The van der Waals surface area contributed by atoms with E-state index in [1.165, 1.54) is 4.31 Å². The first kappa shape index (κ1) is 16.0. The van der Waals surface area contributed by atoms with E-state index in [1.807, 2.05) is 6.07 Å². The normalized spacial score (nSPS) is 22.2. The van der Waals surface area contributed by atoms with Crippen LogP contribution in [0.4, 0.5) is 0 Å². The summed E-state index contributed by atoms with van der Waals surface area (Å²) in [4.78, 5) is 14.3. The van der Waals surface area contributed by atoms with Crippen molar-refractivity contribution in [3.8, 4) is 0 Å². The summed E-state index contributed by atoms with van der Waals surface area (Å²) in [7, 11) is -3.15. The van der Waals surface area contributed by atoms with Crippen LogP contribution in [0.5, 0.6) is 0 Å². The van der Waals surface area contributed by atoms with Gasteiger partial charge in [0.15, 0.2) is 5.69 Å². The van der Waals surface area contributed by atoms with Crippen molar-refractivity contribution in [2.24, 2.45) is 0 Å². The highest BCUT2D eigenvalue weighted by molar-refractivity contribution is 7.90. The number of hydrogen-bond acceptors (Lipinski definition) is 5. The molecule has 0 atom stereocenters. The van der Waals surface area contributed by atoms with Crippen LogP contribution in [0.15, 0.2) is 6.07 Å². The standard InChI is InChI=1S/C16H22N4O3S/c21-16(15-11-12-3-1-2-4-14(12)17-18-15)19-7-9-20(10-8-19)24(22,23)13-5-6-13/h11,13H,1-10H2. The molecule has 0 unspecified atom stereocenters. The second kappa shape index (κ2) is 6.07. The minimum absolute atomic E-state index is 0.139. The van der Waals surface area contributed by atoms with Gasteiger partial charge < -0.3 is 4.90 Å². The molecule has 2 fully saturated rings. The maximum absolute atomic E-state index is 12.6. The van der Waals surface area contributed by atoms with E-state index >= 15 is 0 Å². The van der Waals surface area contributed by atoms with E-state index in [-0.39, 0.29) is 11.2 Å². The molecule has 1 amide bonds. The van der Waals surface area contributed by atoms with Gasteiger partial charge in [-0.1, -0.05) is 0 Å². The molecule has 1 aromatic heterocycles. The number of piperazine rings is 1. The molecule has 7 nitrogen and oxygen atoms in total. The lowest BCUT2D eigenvalue weighted by Gasteiger charge is -2.33. The van der Waals surface area contributed by atoms with Gasteiger partial charge in [0.05, 0.1) is 10.9 Å². The largest absolute Gasteiger partial charge is 0.335 e. The average molecular weight is 350 g/mol. The Morgan fingerprint density at radius 1 is 1.04 bits per heavy atom. The number of carbonyl (C=O) groups excluding carboxylic acids is 1. The van der Waals surface area contributed by atoms with Gasteiger partial charge in [-0.3, -0.25) is 4.79 Å². The van der Waals surface area contributed by atoms with Gasteiger partial charge in [0.2, 0.25) is 10.0 Å². The number of fused-ring (bicyclic) bond motifs is 1. The van der Waals surface area contributed by atoms with E-state index in [0.717, 1.165) is 49.8 Å². The van der Waals surface area contributed by atoms with E-state index in [4.69, 9.17) is 0 Å². The Balaban J connectivity index is 1.43. The second-order valence-electron chi connectivity index (χ2n) is 6.84. The fourth-order valence-corrected chi connectivity index (χ4v) is 5.31. The second-order valence-corrected chi connectivity index (χ2v) is 9.06. The Kier molecular flexibility index (Phi) is 4.04. The smallest absolute Gasteiger partial charge is 0.274 e. The highest BCUT2D eigenvalue weighted by atomic mass is 32.2. The molecule has 4 rings (SSSR count). The molecule has 130 valence electrons. The van der Waals surface area contributed by atoms with E-state index in [2.05, 4.69) is 10.2 Å². The number of nitrogens with zero attached hydrogens (tertiary/aromatic N) is 4. The van der Waals surface area contributed by atoms with Gasteiger partial charge >= 0.3 is 0 Å². The number of hydrogen-bond donors (Lipinski definition) is 0. The molecular formula is C16H22N4O3S. The van der Waals surface area contributed by atoms with Crippen LogP contribution >= 0.6 is 0 Å². The summed E-state index contributed by atoms with van der Waals surface area (Å²) in [6.45, 7) is 1.60. The molecule has 3 aliphatic rings. The van der Waals surface area contributed by atoms with Crippen molar-refractivity contribution in [1.29, 1.82) is 0 Å². The van der Waals surface area contributed by atoms with Crippen LogP contribution < -0.4 is 0 Å². The molecule has 0 N–H and O–H groups in total. The molecule has 8 heteroatoms. The summed E-state index contributed by atoms with van der Waals surface area (Å²) in [6, 6.07) is 1.87. The Morgan fingerprint density at radius 2 is 1.75 bits per heavy atom. The van der Waals surface area contributed by atoms with Crippen LogP contribution in [0, 0.1) is 0 Å². The van der Waals surface area contributed by atoms with Crippen LogP contribution in [0.2, 0.25) is 0 Å². The first-order valence-electron chi connectivity index (χ1n) is 8.69. The Bertz CT molecular complexity index is 753. The lowest BCUT2D eigenvalue weighted by Crippen LogP contribution is -2.51. The van der Waals surface area contributed by atoms with E-state index < -0.39 is 10.0 Å². The van der Waals surface area contributed by atoms with Crippen molar-refractivity contribution in [1.82, 2.24) is 19.4 Å². The third-order valence-electron chi connectivity index (χ3n) is 5.12. The lowest BCUT2D eigenvalue weighted by atomic mass is 9.96. The minimum atomic E-state index is -3.15. The molecule has 1 aromatic rings. The van der Waals surface area contributed by atoms with Gasteiger partial charge in [-0.15, -0.1) is 5.10 Å². The van der Waals surface area contributed by atoms with E-state index in [9.17, 15) is 13.2 Å². The van der Waals surface area contributed by atoms with Gasteiger partial charge in [0, 0.05) is 26.2 Å². The van der Waals surface area contributed by atoms with Gasteiger partial charge in [-0.2, -0.15) is 9.40 Å². The number of rotatable bonds is 3. The highest BCUT2D eigenvalue weighted by Gasteiger charge is 2.41. The quantitative estimate of drug-likeness (QED) is 0.797. The maximum atomic E-state index is 12.6. The molecule has 2 heterocycles. The van der Waals surface area contributed by atoms with Crippen LogP contribution in [0.25, 0.3) is 0 Å². The molecule has 2 aliphatic carbocycles. The summed E-state index contributed by atoms with van der Waals surface area (Å²) >= 11 is 0. The van der Waals surface area contributed by atoms with Crippen molar-refractivity contribution in [2.75, 3.05) is 26.2 Å². The van der Waals surface area contributed by atoms with Gasteiger partial charge in [0.25, 0.3) is 5.91 Å². The summed E-state index contributed by atoms with van der Waals surface area (Å²) in [5, 5.41) is 8.13.